The Morgan fingerprint density at radius 1 is 1.22 bits per heavy atom. The highest BCUT2D eigenvalue weighted by atomic mass is 16.5. The van der Waals surface area contributed by atoms with Gasteiger partial charge in [-0.1, -0.05) is 62.6 Å². The summed E-state index contributed by atoms with van der Waals surface area (Å²) in [5.74, 6) is -0.196. The summed E-state index contributed by atoms with van der Waals surface area (Å²) in [6, 6.07) is 12.2. The summed E-state index contributed by atoms with van der Waals surface area (Å²) in [4.78, 5) is 11.3. The molecule has 0 heterocycles. The zero-order chi connectivity index (χ0) is 16.7. The molecule has 0 bridgehead atoms. The van der Waals surface area contributed by atoms with E-state index in [4.69, 9.17) is 4.74 Å². The van der Waals surface area contributed by atoms with Gasteiger partial charge in [0.1, 0.15) is 0 Å². The van der Waals surface area contributed by atoms with Gasteiger partial charge in [0.05, 0.1) is 13.2 Å². The lowest BCUT2D eigenvalue weighted by Crippen LogP contribution is -2.02. The number of fused-ring (bicyclic) bond motifs is 1. The third-order valence-electron chi connectivity index (χ3n) is 4.27. The molecule has 124 valence electrons. The van der Waals surface area contributed by atoms with E-state index in [1.165, 1.54) is 7.11 Å². The van der Waals surface area contributed by atoms with Crippen LogP contribution in [-0.4, -0.2) is 18.2 Å². The van der Waals surface area contributed by atoms with Crippen LogP contribution in [0.1, 0.15) is 56.3 Å². The lowest BCUT2D eigenvalue weighted by atomic mass is 9.95. The molecular formula is C20H26O3. The van der Waals surface area contributed by atoms with Gasteiger partial charge in [-0.15, -0.1) is 0 Å². The summed E-state index contributed by atoms with van der Waals surface area (Å²) in [6.07, 6.45) is 4.73. The number of aliphatic hydroxyl groups excluding tert-OH is 1. The third kappa shape index (κ3) is 4.80. The van der Waals surface area contributed by atoms with Crippen molar-refractivity contribution in [3.63, 3.8) is 0 Å². The van der Waals surface area contributed by atoms with Crippen LogP contribution in [0.15, 0.2) is 36.4 Å². The summed E-state index contributed by atoms with van der Waals surface area (Å²) in [7, 11) is 1.41. The molecule has 0 spiro atoms. The Kier molecular flexibility index (Phi) is 6.60. The maximum absolute atomic E-state index is 11.3. The Morgan fingerprint density at radius 3 is 2.78 bits per heavy atom. The molecule has 0 amide bonds. The molecule has 2 aromatic carbocycles. The Hall–Kier alpha value is -1.87. The molecule has 23 heavy (non-hydrogen) atoms. The first kappa shape index (κ1) is 17.5. The molecule has 3 nitrogen and oxygen atoms in total. The number of benzene rings is 2. The van der Waals surface area contributed by atoms with E-state index in [-0.39, 0.29) is 5.97 Å². The molecule has 0 aliphatic carbocycles. The number of aliphatic hydroxyl groups is 1. The summed E-state index contributed by atoms with van der Waals surface area (Å²) in [5, 5.41) is 12.7. The Labute approximate surface area is 138 Å². The fraction of sp³-hybridized carbons (Fsp3) is 0.450. The van der Waals surface area contributed by atoms with Crippen molar-refractivity contribution in [3.05, 3.63) is 47.5 Å². The van der Waals surface area contributed by atoms with Crippen molar-refractivity contribution in [2.45, 2.75) is 51.6 Å². The lowest BCUT2D eigenvalue weighted by Gasteiger charge is -2.14. The average molecular weight is 314 g/mol. The van der Waals surface area contributed by atoms with Gasteiger partial charge in [0.25, 0.3) is 0 Å². The average Bonchev–Trinajstić information content (AvgIpc) is 2.59. The second-order valence-corrected chi connectivity index (χ2v) is 5.99. The highest BCUT2D eigenvalue weighted by Gasteiger charge is 2.11. The molecule has 0 saturated heterocycles. The molecule has 1 N–H and O–H groups in total. The van der Waals surface area contributed by atoms with Crippen LogP contribution < -0.4 is 0 Å². The third-order valence-corrected chi connectivity index (χ3v) is 4.27. The second kappa shape index (κ2) is 8.68. The fourth-order valence-corrected chi connectivity index (χ4v) is 2.88. The van der Waals surface area contributed by atoms with E-state index in [2.05, 4.69) is 25.1 Å². The van der Waals surface area contributed by atoms with Crippen molar-refractivity contribution in [1.29, 1.82) is 0 Å². The van der Waals surface area contributed by atoms with Crippen LogP contribution >= 0.6 is 0 Å². The van der Waals surface area contributed by atoms with Crippen LogP contribution in [0.5, 0.6) is 0 Å². The van der Waals surface area contributed by atoms with Crippen molar-refractivity contribution >= 4 is 16.7 Å². The molecule has 0 fully saturated rings. The Balaban J connectivity index is 2.21. The predicted octanol–water partition coefficient (Wildman–Crippen LogP) is 4.56. The molecule has 1 atom stereocenters. The van der Waals surface area contributed by atoms with Crippen LogP contribution in [0.25, 0.3) is 10.8 Å². The standard InChI is InChI=1S/C20H26O3/c1-3-4-5-9-19(21)17-8-6-7-16-12-10-15(14-18(16)17)11-13-20(22)23-2/h6-8,10,12,14,19,21H,3-5,9,11,13H2,1-2H3. The quantitative estimate of drug-likeness (QED) is 0.574. The van der Waals surface area contributed by atoms with E-state index in [0.29, 0.717) is 12.8 Å². The highest BCUT2D eigenvalue weighted by Crippen LogP contribution is 2.28. The molecule has 1 unspecified atom stereocenters. The van der Waals surface area contributed by atoms with Gasteiger partial charge < -0.3 is 9.84 Å². The molecule has 0 radical (unpaired) electrons. The molecular weight excluding hydrogens is 288 g/mol. The van der Waals surface area contributed by atoms with E-state index in [1.807, 2.05) is 18.2 Å². The van der Waals surface area contributed by atoms with Crippen LogP contribution in [0.4, 0.5) is 0 Å². The number of carbonyl (C=O) groups excluding carboxylic acids is 1. The van der Waals surface area contributed by atoms with Gasteiger partial charge in [0.2, 0.25) is 0 Å². The Morgan fingerprint density at radius 2 is 2.04 bits per heavy atom. The molecule has 2 rings (SSSR count). The highest BCUT2D eigenvalue weighted by molar-refractivity contribution is 5.86. The zero-order valence-electron chi connectivity index (χ0n) is 14.0. The van der Waals surface area contributed by atoms with Gasteiger partial charge >= 0.3 is 5.97 Å². The van der Waals surface area contributed by atoms with Crippen LogP contribution in [0.3, 0.4) is 0 Å². The number of methoxy groups -OCH3 is 1. The number of hydrogen-bond donors (Lipinski definition) is 1. The van der Waals surface area contributed by atoms with Crippen molar-refractivity contribution in [1.82, 2.24) is 0 Å². The van der Waals surface area contributed by atoms with Gasteiger partial charge in [-0.2, -0.15) is 0 Å². The summed E-state index contributed by atoms with van der Waals surface area (Å²) in [6.45, 7) is 2.16. The minimum atomic E-state index is -0.430. The SMILES string of the molecule is CCCCCC(O)c1cccc2ccc(CCC(=O)OC)cc12. The number of unbranched alkanes of at least 4 members (excludes halogenated alkanes) is 2. The molecule has 0 saturated carbocycles. The van der Waals surface area contributed by atoms with Gasteiger partial charge in [0.15, 0.2) is 0 Å². The van der Waals surface area contributed by atoms with Crippen molar-refractivity contribution in [2.24, 2.45) is 0 Å². The summed E-state index contributed by atoms with van der Waals surface area (Å²) < 4.78 is 4.70. The van der Waals surface area contributed by atoms with Crippen LogP contribution in [0, 0.1) is 0 Å². The predicted molar refractivity (Wildman–Crippen MR) is 93.4 cm³/mol. The van der Waals surface area contributed by atoms with Crippen LogP contribution in [0.2, 0.25) is 0 Å². The van der Waals surface area contributed by atoms with Gasteiger partial charge in [-0.25, -0.2) is 0 Å². The minimum Gasteiger partial charge on any atom is -0.469 e. The number of aryl methyl sites for hydroxylation is 1. The molecule has 0 aromatic heterocycles. The van der Waals surface area contributed by atoms with E-state index in [9.17, 15) is 9.90 Å². The number of hydrogen-bond acceptors (Lipinski definition) is 3. The van der Waals surface area contributed by atoms with E-state index in [0.717, 1.165) is 47.6 Å². The first-order chi connectivity index (χ1) is 11.2. The first-order valence-corrected chi connectivity index (χ1v) is 8.42. The van der Waals surface area contributed by atoms with Gasteiger partial charge in [0, 0.05) is 6.42 Å². The van der Waals surface area contributed by atoms with E-state index in [1.54, 1.807) is 0 Å². The van der Waals surface area contributed by atoms with Crippen LogP contribution in [-0.2, 0) is 16.0 Å². The summed E-state index contributed by atoms with van der Waals surface area (Å²) in [5.41, 5.74) is 2.08. The maximum Gasteiger partial charge on any atom is 0.305 e. The van der Waals surface area contributed by atoms with E-state index >= 15 is 0 Å². The molecule has 3 heteroatoms. The molecule has 2 aromatic rings. The lowest BCUT2D eigenvalue weighted by molar-refractivity contribution is -0.140. The monoisotopic (exact) mass is 314 g/mol. The number of carbonyl (C=O) groups is 1. The van der Waals surface area contributed by atoms with E-state index < -0.39 is 6.10 Å². The normalized spacial score (nSPS) is 12.3. The molecule has 0 aliphatic heterocycles. The van der Waals surface area contributed by atoms with Gasteiger partial charge in [-0.05, 0) is 34.7 Å². The largest absolute Gasteiger partial charge is 0.469 e. The molecule has 0 aliphatic rings. The topological polar surface area (TPSA) is 46.5 Å². The zero-order valence-corrected chi connectivity index (χ0v) is 14.0. The second-order valence-electron chi connectivity index (χ2n) is 5.99. The minimum absolute atomic E-state index is 0.196. The fourth-order valence-electron chi connectivity index (χ4n) is 2.88. The van der Waals surface area contributed by atoms with Crippen molar-refractivity contribution in [2.75, 3.05) is 7.11 Å². The summed E-state index contributed by atoms with van der Waals surface area (Å²) >= 11 is 0. The van der Waals surface area contributed by atoms with Gasteiger partial charge in [-0.3, -0.25) is 4.79 Å². The Bertz CT molecular complexity index is 648. The smallest absolute Gasteiger partial charge is 0.305 e. The number of rotatable bonds is 8. The van der Waals surface area contributed by atoms with Crippen molar-refractivity contribution < 1.29 is 14.6 Å². The maximum atomic E-state index is 11.3. The first-order valence-electron chi connectivity index (χ1n) is 8.42. The number of esters is 1. The van der Waals surface area contributed by atoms with Crippen molar-refractivity contribution in [3.8, 4) is 0 Å². The number of ether oxygens (including phenoxy) is 1.